The number of amides is 4. The van der Waals surface area contributed by atoms with Gasteiger partial charge in [-0.25, -0.2) is 4.79 Å². The van der Waals surface area contributed by atoms with Gasteiger partial charge in [0.05, 0.1) is 6.54 Å². The summed E-state index contributed by atoms with van der Waals surface area (Å²) in [6, 6.07) is -0.744. The summed E-state index contributed by atoms with van der Waals surface area (Å²) in [6.45, 7) is 1.25. The molecule has 0 aliphatic heterocycles. The summed E-state index contributed by atoms with van der Waals surface area (Å²) in [5.74, 6) is -0.965. The largest absolute Gasteiger partial charge is 0.358 e. The minimum Gasteiger partial charge on any atom is -0.358 e. The molecule has 3 N–H and O–H groups in total. The second-order valence-electron chi connectivity index (χ2n) is 2.46. The summed E-state index contributed by atoms with van der Waals surface area (Å²) in [4.78, 5) is 32.4. The topological polar surface area (TPSA) is 87.3 Å². The molecule has 1 unspecified atom stereocenters. The molecular formula is C7H12ClN3O3. The molecule has 0 aromatic heterocycles. The van der Waals surface area contributed by atoms with Crippen molar-refractivity contribution in [2.75, 3.05) is 13.6 Å². The molecule has 0 saturated carbocycles. The molecule has 80 valence electrons. The van der Waals surface area contributed by atoms with Gasteiger partial charge in [0.1, 0.15) is 5.38 Å². The molecule has 0 bridgehead atoms. The van der Waals surface area contributed by atoms with Crippen LogP contribution < -0.4 is 16.0 Å². The zero-order chi connectivity index (χ0) is 11.1. The smallest absolute Gasteiger partial charge is 0.321 e. The number of urea groups is 1. The fourth-order valence-corrected chi connectivity index (χ4v) is 0.559. The summed E-state index contributed by atoms with van der Waals surface area (Å²) in [7, 11) is 1.44. The van der Waals surface area contributed by atoms with Crippen LogP contribution in [0.4, 0.5) is 4.79 Å². The molecular weight excluding hydrogens is 210 g/mol. The van der Waals surface area contributed by atoms with Crippen molar-refractivity contribution in [3.8, 4) is 0 Å². The van der Waals surface area contributed by atoms with Crippen molar-refractivity contribution in [2.45, 2.75) is 12.3 Å². The molecule has 1 atom stereocenters. The Kier molecular flexibility index (Phi) is 5.62. The van der Waals surface area contributed by atoms with Crippen molar-refractivity contribution in [2.24, 2.45) is 0 Å². The van der Waals surface area contributed by atoms with Crippen LogP contribution in [0.5, 0.6) is 0 Å². The van der Waals surface area contributed by atoms with Gasteiger partial charge in [0.2, 0.25) is 11.8 Å². The van der Waals surface area contributed by atoms with Crippen molar-refractivity contribution >= 4 is 29.4 Å². The first-order chi connectivity index (χ1) is 6.47. The van der Waals surface area contributed by atoms with E-state index in [4.69, 9.17) is 11.6 Å². The maximum atomic E-state index is 10.9. The van der Waals surface area contributed by atoms with E-state index < -0.39 is 17.3 Å². The molecule has 0 aromatic carbocycles. The molecule has 0 aliphatic carbocycles. The number of carbonyl (C=O) groups is 3. The highest BCUT2D eigenvalue weighted by Gasteiger charge is 2.12. The lowest BCUT2D eigenvalue weighted by Gasteiger charge is -2.06. The zero-order valence-electron chi connectivity index (χ0n) is 7.89. The molecule has 0 fully saturated rings. The van der Waals surface area contributed by atoms with E-state index in [-0.39, 0.29) is 12.5 Å². The summed E-state index contributed by atoms with van der Waals surface area (Å²) in [5, 5.41) is 5.65. The van der Waals surface area contributed by atoms with E-state index in [2.05, 4.69) is 10.6 Å². The Balaban J connectivity index is 3.77. The average Bonchev–Trinajstić information content (AvgIpc) is 2.13. The van der Waals surface area contributed by atoms with E-state index in [0.717, 1.165) is 0 Å². The Labute approximate surface area is 86.4 Å². The molecule has 7 heteroatoms. The van der Waals surface area contributed by atoms with Crippen LogP contribution in [-0.2, 0) is 9.59 Å². The highest BCUT2D eigenvalue weighted by atomic mass is 35.5. The lowest BCUT2D eigenvalue weighted by molar-refractivity contribution is -0.121. The molecule has 6 nitrogen and oxygen atoms in total. The lowest BCUT2D eigenvalue weighted by Crippen LogP contribution is -2.45. The second-order valence-corrected chi connectivity index (χ2v) is 3.12. The van der Waals surface area contributed by atoms with Gasteiger partial charge >= 0.3 is 6.03 Å². The van der Waals surface area contributed by atoms with E-state index >= 15 is 0 Å². The van der Waals surface area contributed by atoms with E-state index in [1.807, 2.05) is 5.32 Å². The predicted molar refractivity (Wildman–Crippen MR) is 50.9 cm³/mol. The maximum Gasteiger partial charge on any atom is 0.321 e. The van der Waals surface area contributed by atoms with E-state index in [1.165, 1.54) is 14.0 Å². The number of likely N-dealkylation sites (N-methyl/N-ethyl adjacent to an activating group) is 1. The van der Waals surface area contributed by atoms with Crippen LogP contribution in [0, 0.1) is 0 Å². The van der Waals surface area contributed by atoms with Crippen molar-refractivity contribution in [1.82, 2.24) is 16.0 Å². The van der Waals surface area contributed by atoms with Gasteiger partial charge in [0.15, 0.2) is 0 Å². The highest BCUT2D eigenvalue weighted by molar-refractivity contribution is 6.31. The van der Waals surface area contributed by atoms with Gasteiger partial charge in [0, 0.05) is 7.05 Å². The van der Waals surface area contributed by atoms with E-state index in [9.17, 15) is 14.4 Å². The number of carbonyl (C=O) groups excluding carboxylic acids is 3. The third-order valence-electron chi connectivity index (χ3n) is 1.29. The third kappa shape index (κ3) is 5.36. The Morgan fingerprint density at radius 2 is 1.93 bits per heavy atom. The van der Waals surface area contributed by atoms with Crippen molar-refractivity contribution in [1.29, 1.82) is 0 Å². The average molecular weight is 222 g/mol. The minimum absolute atomic E-state index is 0.188. The molecule has 0 rings (SSSR count). The number of imide groups is 1. The van der Waals surface area contributed by atoms with Crippen molar-refractivity contribution in [3.05, 3.63) is 0 Å². The monoisotopic (exact) mass is 221 g/mol. The van der Waals surface area contributed by atoms with Crippen LogP contribution in [0.1, 0.15) is 6.92 Å². The fraction of sp³-hybridized carbons (Fsp3) is 0.571. The van der Waals surface area contributed by atoms with Crippen molar-refractivity contribution < 1.29 is 14.4 Å². The van der Waals surface area contributed by atoms with Gasteiger partial charge < -0.3 is 10.6 Å². The first-order valence-electron chi connectivity index (χ1n) is 3.90. The van der Waals surface area contributed by atoms with Crippen LogP contribution in [0.3, 0.4) is 0 Å². The molecule has 0 aromatic rings. The first kappa shape index (κ1) is 12.7. The van der Waals surface area contributed by atoms with Gasteiger partial charge in [-0.2, -0.15) is 0 Å². The van der Waals surface area contributed by atoms with Crippen molar-refractivity contribution in [3.63, 3.8) is 0 Å². The standard InChI is InChI=1S/C7H12ClN3O3/c1-4(8)6(13)11-7(14)10-3-5(12)9-2/h4H,3H2,1-2H3,(H,9,12)(H2,10,11,13,14). The Morgan fingerprint density at radius 3 is 2.36 bits per heavy atom. The Bertz CT molecular complexity index is 242. The molecule has 0 heterocycles. The summed E-state index contributed by atoms with van der Waals surface area (Å²) < 4.78 is 0. The predicted octanol–water partition coefficient (Wildman–Crippen LogP) is -0.814. The van der Waals surface area contributed by atoms with Gasteiger partial charge in [-0.05, 0) is 6.92 Å². The number of halogens is 1. The lowest BCUT2D eigenvalue weighted by atomic mass is 10.4. The summed E-state index contributed by atoms with van der Waals surface area (Å²) >= 11 is 5.39. The molecule has 0 saturated heterocycles. The van der Waals surface area contributed by atoms with E-state index in [0.29, 0.717) is 0 Å². The quantitative estimate of drug-likeness (QED) is 0.545. The molecule has 0 spiro atoms. The maximum absolute atomic E-state index is 10.9. The molecule has 4 amide bonds. The SMILES string of the molecule is CNC(=O)CNC(=O)NC(=O)C(C)Cl. The zero-order valence-corrected chi connectivity index (χ0v) is 8.64. The van der Waals surface area contributed by atoms with Gasteiger partial charge in [-0.3, -0.25) is 14.9 Å². The molecule has 14 heavy (non-hydrogen) atoms. The van der Waals surface area contributed by atoms with Gasteiger partial charge in [0.25, 0.3) is 0 Å². The van der Waals surface area contributed by atoms with Gasteiger partial charge in [-0.15, -0.1) is 11.6 Å². The summed E-state index contributed by atoms with van der Waals surface area (Å²) in [6.07, 6.45) is 0. The summed E-state index contributed by atoms with van der Waals surface area (Å²) in [5.41, 5.74) is 0. The minimum atomic E-state index is -0.791. The number of hydrogen-bond donors (Lipinski definition) is 3. The third-order valence-corrected chi connectivity index (χ3v) is 1.48. The first-order valence-corrected chi connectivity index (χ1v) is 4.34. The molecule has 0 aliphatic rings. The van der Waals surface area contributed by atoms with Crippen LogP contribution in [0.2, 0.25) is 0 Å². The number of rotatable bonds is 3. The fourth-order valence-electron chi connectivity index (χ4n) is 0.504. The van der Waals surface area contributed by atoms with Crippen LogP contribution in [0.25, 0.3) is 0 Å². The molecule has 0 radical (unpaired) electrons. The van der Waals surface area contributed by atoms with Crippen LogP contribution >= 0.6 is 11.6 Å². The van der Waals surface area contributed by atoms with Crippen LogP contribution in [0.15, 0.2) is 0 Å². The second kappa shape index (κ2) is 6.20. The highest BCUT2D eigenvalue weighted by Crippen LogP contribution is 1.91. The van der Waals surface area contributed by atoms with E-state index in [1.54, 1.807) is 0 Å². The number of hydrogen-bond acceptors (Lipinski definition) is 3. The Hall–Kier alpha value is -1.30. The normalized spacial score (nSPS) is 11.4. The van der Waals surface area contributed by atoms with Crippen LogP contribution in [-0.4, -0.2) is 36.8 Å². The van der Waals surface area contributed by atoms with Gasteiger partial charge in [-0.1, -0.05) is 0 Å². The Morgan fingerprint density at radius 1 is 1.36 bits per heavy atom. The number of nitrogens with one attached hydrogen (secondary N) is 3. The number of alkyl halides is 1.